The van der Waals surface area contributed by atoms with Crippen LogP contribution in [0.3, 0.4) is 0 Å². The van der Waals surface area contributed by atoms with Crippen molar-refractivity contribution >= 4 is 36.0 Å². The number of hydrogen-bond acceptors (Lipinski definition) is 5. The molecule has 27 heavy (non-hydrogen) atoms. The summed E-state index contributed by atoms with van der Waals surface area (Å²) < 4.78 is 15.8. The van der Waals surface area contributed by atoms with Gasteiger partial charge in [0.05, 0.1) is 26.4 Å². The number of likely N-dealkylation sites (tertiary alicyclic amines) is 1. The van der Waals surface area contributed by atoms with Crippen molar-refractivity contribution in [3.63, 3.8) is 0 Å². The molecular weight excluding hydrogens is 463 g/mol. The van der Waals surface area contributed by atoms with Gasteiger partial charge in [-0.3, -0.25) is 4.99 Å². The van der Waals surface area contributed by atoms with Crippen LogP contribution in [0.4, 0.5) is 4.79 Å². The first-order valence-corrected chi connectivity index (χ1v) is 9.42. The van der Waals surface area contributed by atoms with Crippen molar-refractivity contribution in [2.45, 2.75) is 39.7 Å². The maximum Gasteiger partial charge on any atom is 0.407 e. The van der Waals surface area contributed by atoms with Crippen LogP contribution >= 0.6 is 24.0 Å². The molecule has 1 fully saturated rings. The monoisotopic (exact) mass is 500 g/mol. The van der Waals surface area contributed by atoms with E-state index in [4.69, 9.17) is 14.2 Å². The van der Waals surface area contributed by atoms with Crippen molar-refractivity contribution in [3.05, 3.63) is 0 Å². The molecule has 1 unspecified atom stereocenters. The molecule has 9 heteroatoms. The quantitative estimate of drug-likeness (QED) is 0.218. The van der Waals surface area contributed by atoms with E-state index in [9.17, 15) is 4.79 Å². The van der Waals surface area contributed by atoms with Crippen LogP contribution in [0.15, 0.2) is 4.99 Å². The number of ether oxygens (including phenoxy) is 3. The van der Waals surface area contributed by atoms with Gasteiger partial charge in [0.15, 0.2) is 5.96 Å². The zero-order valence-corrected chi connectivity index (χ0v) is 19.7. The molecule has 0 bridgehead atoms. The molecule has 1 aliphatic heterocycles. The smallest absolute Gasteiger partial charge is 0.407 e. The van der Waals surface area contributed by atoms with Crippen molar-refractivity contribution in [2.24, 2.45) is 10.9 Å². The number of rotatable bonds is 9. The summed E-state index contributed by atoms with van der Waals surface area (Å²) in [6, 6.07) is 0. The Hall–Kier alpha value is -0.810. The molecule has 0 radical (unpaired) electrons. The van der Waals surface area contributed by atoms with Gasteiger partial charge in [0.2, 0.25) is 0 Å². The Morgan fingerprint density at radius 1 is 1.26 bits per heavy atom. The van der Waals surface area contributed by atoms with Gasteiger partial charge < -0.3 is 29.7 Å². The fourth-order valence-electron chi connectivity index (χ4n) is 2.61. The Bertz CT molecular complexity index is 444. The SMILES string of the molecule is CCNC(=NCCNC(=O)OC(C)(C)C)N1CCC(COCCOC)C1.I. The summed E-state index contributed by atoms with van der Waals surface area (Å²) in [5, 5.41) is 6.05. The second-order valence-corrected chi connectivity index (χ2v) is 7.33. The lowest BCUT2D eigenvalue weighted by atomic mass is 10.1. The first kappa shape index (κ1) is 26.2. The third-order valence-electron chi connectivity index (χ3n) is 3.75. The molecule has 1 aliphatic rings. The first-order chi connectivity index (χ1) is 12.4. The molecule has 0 aromatic carbocycles. The number of carbonyl (C=O) groups is 1. The molecule has 160 valence electrons. The van der Waals surface area contributed by atoms with Crippen molar-refractivity contribution in [1.82, 2.24) is 15.5 Å². The maximum absolute atomic E-state index is 11.6. The Morgan fingerprint density at radius 3 is 2.63 bits per heavy atom. The zero-order chi connectivity index (χ0) is 19.4. The molecule has 0 spiro atoms. The number of methoxy groups -OCH3 is 1. The fraction of sp³-hybridized carbons (Fsp3) is 0.889. The average Bonchev–Trinajstić information content (AvgIpc) is 3.01. The molecule has 1 saturated heterocycles. The lowest BCUT2D eigenvalue weighted by Gasteiger charge is -2.22. The van der Waals surface area contributed by atoms with E-state index in [0.29, 0.717) is 32.2 Å². The van der Waals surface area contributed by atoms with E-state index in [2.05, 4.69) is 27.4 Å². The fourth-order valence-corrected chi connectivity index (χ4v) is 2.61. The molecule has 0 aromatic rings. The molecule has 0 aliphatic carbocycles. The van der Waals surface area contributed by atoms with Crippen molar-refractivity contribution in [2.75, 3.05) is 59.7 Å². The van der Waals surface area contributed by atoms with Gasteiger partial charge in [0.25, 0.3) is 0 Å². The van der Waals surface area contributed by atoms with Gasteiger partial charge >= 0.3 is 6.09 Å². The Morgan fingerprint density at radius 2 is 2.00 bits per heavy atom. The molecule has 0 aromatic heterocycles. The number of aliphatic imine (C=N–C) groups is 1. The van der Waals surface area contributed by atoms with Gasteiger partial charge in [-0.05, 0) is 34.1 Å². The van der Waals surface area contributed by atoms with Crippen molar-refractivity contribution in [1.29, 1.82) is 0 Å². The predicted molar refractivity (Wildman–Crippen MR) is 118 cm³/mol. The van der Waals surface area contributed by atoms with E-state index in [1.807, 2.05) is 20.8 Å². The maximum atomic E-state index is 11.6. The Kier molecular flexibility index (Phi) is 13.8. The van der Waals surface area contributed by atoms with Gasteiger partial charge in [-0.2, -0.15) is 0 Å². The molecule has 1 heterocycles. The summed E-state index contributed by atoms with van der Waals surface area (Å²) in [5.41, 5.74) is -0.488. The van der Waals surface area contributed by atoms with E-state index in [-0.39, 0.29) is 24.0 Å². The van der Waals surface area contributed by atoms with Gasteiger partial charge in [0, 0.05) is 39.2 Å². The molecule has 1 amide bonds. The highest BCUT2D eigenvalue weighted by Crippen LogP contribution is 2.16. The summed E-state index contributed by atoms with van der Waals surface area (Å²) >= 11 is 0. The topological polar surface area (TPSA) is 84.4 Å². The van der Waals surface area contributed by atoms with Crippen molar-refractivity contribution in [3.8, 4) is 0 Å². The number of hydrogen-bond donors (Lipinski definition) is 2. The van der Waals surface area contributed by atoms with Crippen LogP contribution in [0.5, 0.6) is 0 Å². The standard InChI is InChI=1S/C18H36N4O4.HI/c1-6-19-16(20-8-9-21-17(23)26-18(2,3)4)22-10-7-15(13-22)14-25-12-11-24-5;/h15H,6-14H2,1-5H3,(H,19,20)(H,21,23);1H. The van der Waals surface area contributed by atoms with Gasteiger partial charge in [-0.25, -0.2) is 4.79 Å². The van der Waals surface area contributed by atoms with E-state index < -0.39 is 11.7 Å². The minimum absolute atomic E-state index is 0. The number of halogens is 1. The number of nitrogens with zero attached hydrogens (tertiary/aromatic N) is 2. The molecule has 1 rings (SSSR count). The van der Waals surface area contributed by atoms with Crippen LogP contribution in [0.1, 0.15) is 34.1 Å². The highest BCUT2D eigenvalue weighted by atomic mass is 127. The van der Waals surface area contributed by atoms with Gasteiger partial charge in [-0.15, -0.1) is 24.0 Å². The van der Waals surface area contributed by atoms with Crippen LogP contribution in [0, 0.1) is 5.92 Å². The number of carbonyl (C=O) groups excluding carboxylic acids is 1. The summed E-state index contributed by atoms with van der Waals surface area (Å²) in [7, 11) is 1.68. The highest BCUT2D eigenvalue weighted by Gasteiger charge is 2.25. The van der Waals surface area contributed by atoms with Crippen LogP contribution in [-0.4, -0.2) is 82.2 Å². The lowest BCUT2D eigenvalue weighted by Crippen LogP contribution is -2.41. The first-order valence-electron chi connectivity index (χ1n) is 9.42. The summed E-state index contributed by atoms with van der Waals surface area (Å²) in [6.07, 6.45) is 0.681. The van der Waals surface area contributed by atoms with E-state index in [1.165, 1.54) is 0 Å². The minimum Gasteiger partial charge on any atom is -0.444 e. The second-order valence-electron chi connectivity index (χ2n) is 7.33. The molecule has 1 atom stereocenters. The van der Waals surface area contributed by atoms with Gasteiger partial charge in [-0.1, -0.05) is 0 Å². The summed E-state index contributed by atoms with van der Waals surface area (Å²) in [4.78, 5) is 18.5. The number of alkyl carbamates (subject to hydrolysis) is 1. The molecular formula is C18H37IN4O4. The predicted octanol–water partition coefficient (Wildman–Crippen LogP) is 2.08. The average molecular weight is 500 g/mol. The van der Waals surface area contributed by atoms with Crippen LogP contribution < -0.4 is 10.6 Å². The Labute approximate surface area is 180 Å². The normalized spacial score (nSPS) is 17.4. The lowest BCUT2D eigenvalue weighted by molar-refractivity contribution is 0.0529. The number of nitrogens with one attached hydrogen (secondary N) is 2. The zero-order valence-electron chi connectivity index (χ0n) is 17.4. The summed E-state index contributed by atoms with van der Waals surface area (Å²) in [6.45, 7) is 13.3. The summed E-state index contributed by atoms with van der Waals surface area (Å²) in [5.74, 6) is 1.40. The Balaban J connectivity index is 0.00000676. The molecule has 2 N–H and O–H groups in total. The largest absolute Gasteiger partial charge is 0.444 e. The van der Waals surface area contributed by atoms with E-state index >= 15 is 0 Å². The van der Waals surface area contributed by atoms with Crippen LogP contribution in [-0.2, 0) is 14.2 Å². The number of amides is 1. The van der Waals surface area contributed by atoms with E-state index in [1.54, 1.807) is 7.11 Å². The van der Waals surface area contributed by atoms with Crippen molar-refractivity contribution < 1.29 is 19.0 Å². The molecule has 0 saturated carbocycles. The van der Waals surface area contributed by atoms with Crippen LogP contribution in [0.25, 0.3) is 0 Å². The third-order valence-corrected chi connectivity index (χ3v) is 3.75. The minimum atomic E-state index is -0.488. The number of guanidine groups is 1. The highest BCUT2D eigenvalue weighted by molar-refractivity contribution is 14.0. The van der Waals surface area contributed by atoms with Gasteiger partial charge in [0.1, 0.15) is 5.60 Å². The second kappa shape index (κ2) is 14.2. The van der Waals surface area contributed by atoms with E-state index in [0.717, 1.165) is 38.6 Å². The molecule has 8 nitrogen and oxygen atoms in total. The third kappa shape index (κ3) is 12.3. The van der Waals surface area contributed by atoms with Crippen LogP contribution in [0.2, 0.25) is 0 Å².